The number of carbonyl (C=O) groups excluding carboxylic acids is 1. The van der Waals surface area contributed by atoms with E-state index in [-0.39, 0.29) is 23.8 Å². The van der Waals surface area contributed by atoms with Gasteiger partial charge in [-0.1, -0.05) is 24.3 Å². The summed E-state index contributed by atoms with van der Waals surface area (Å²) in [6, 6.07) is 11.6. The lowest BCUT2D eigenvalue weighted by Crippen LogP contribution is -2.33. The van der Waals surface area contributed by atoms with Crippen LogP contribution in [0.3, 0.4) is 0 Å². The molecule has 5 nitrogen and oxygen atoms in total. The summed E-state index contributed by atoms with van der Waals surface area (Å²) in [4.78, 5) is 28.8. The number of para-hydroxylation sites is 1. The van der Waals surface area contributed by atoms with Crippen molar-refractivity contribution in [2.45, 2.75) is 19.9 Å². The summed E-state index contributed by atoms with van der Waals surface area (Å²) in [5.74, 6) is -0.583. The van der Waals surface area contributed by atoms with Crippen molar-refractivity contribution in [3.63, 3.8) is 0 Å². The van der Waals surface area contributed by atoms with Crippen molar-refractivity contribution in [1.29, 1.82) is 0 Å². The fourth-order valence-electron chi connectivity index (χ4n) is 2.70. The first-order valence-electron chi connectivity index (χ1n) is 8.00. The highest BCUT2D eigenvalue weighted by Crippen LogP contribution is 2.11. The van der Waals surface area contributed by atoms with Gasteiger partial charge in [-0.2, -0.15) is 0 Å². The lowest BCUT2D eigenvalue weighted by Gasteiger charge is -2.09. The predicted octanol–water partition coefficient (Wildman–Crippen LogP) is 2.20. The highest BCUT2D eigenvalue weighted by molar-refractivity contribution is 5.81. The van der Waals surface area contributed by atoms with Gasteiger partial charge in [0.15, 0.2) is 0 Å². The van der Waals surface area contributed by atoms with Crippen LogP contribution >= 0.6 is 0 Å². The van der Waals surface area contributed by atoms with Crippen LogP contribution in [0.25, 0.3) is 10.9 Å². The smallest absolute Gasteiger partial charge is 0.261 e. The van der Waals surface area contributed by atoms with Crippen LogP contribution in [-0.4, -0.2) is 22.0 Å². The lowest BCUT2D eigenvalue weighted by molar-refractivity contribution is -0.121. The Morgan fingerprint density at radius 1 is 1.24 bits per heavy atom. The molecule has 0 spiro atoms. The number of rotatable bonds is 5. The number of benzene rings is 2. The van der Waals surface area contributed by atoms with Crippen molar-refractivity contribution in [3.05, 3.63) is 76.1 Å². The molecule has 0 radical (unpaired) electrons. The van der Waals surface area contributed by atoms with Crippen LogP contribution in [0.2, 0.25) is 0 Å². The number of aromatic nitrogens is 2. The number of nitrogens with zero attached hydrogens (tertiary/aromatic N) is 2. The van der Waals surface area contributed by atoms with Gasteiger partial charge in [-0.15, -0.1) is 0 Å². The Morgan fingerprint density at radius 2 is 2.04 bits per heavy atom. The lowest BCUT2D eigenvalue weighted by atomic mass is 10.1. The third-order valence-electron chi connectivity index (χ3n) is 3.99. The van der Waals surface area contributed by atoms with Crippen molar-refractivity contribution < 1.29 is 9.18 Å². The first-order valence-corrected chi connectivity index (χ1v) is 8.00. The highest BCUT2D eigenvalue weighted by atomic mass is 19.1. The van der Waals surface area contributed by atoms with Crippen LogP contribution in [0.4, 0.5) is 4.39 Å². The van der Waals surface area contributed by atoms with Gasteiger partial charge in [0.2, 0.25) is 5.91 Å². The highest BCUT2D eigenvalue weighted by Gasteiger charge is 2.09. The normalized spacial score (nSPS) is 10.8. The van der Waals surface area contributed by atoms with E-state index in [0.29, 0.717) is 23.9 Å². The average molecular weight is 339 g/mol. The number of hydrogen-bond donors (Lipinski definition) is 1. The third-order valence-corrected chi connectivity index (χ3v) is 3.99. The predicted molar refractivity (Wildman–Crippen MR) is 93.9 cm³/mol. The molecule has 0 aliphatic carbocycles. The molecule has 0 saturated carbocycles. The molecule has 1 amide bonds. The minimum absolute atomic E-state index is 0.0983. The van der Waals surface area contributed by atoms with E-state index in [1.54, 1.807) is 24.3 Å². The summed E-state index contributed by atoms with van der Waals surface area (Å²) >= 11 is 0. The first-order chi connectivity index (χ1) is 12.0. The number of amides is 1. The maximum Gasteiger partial charge on any atom is 0.261 e. The fraction of sp³-hybridized carbons (Fsp3) is 0.211. The van der Waals surface area contributed by atoms with Gasteiger partial charge in [0.25, 0.3) is 5.56 Å². The second-order valence-corrected chi connectivity index (χ2v) is 5.88. The molecule has 25 heavy (non-hydrogen) atoms. The van der Waals surface area contributed by atoms with Gasteiger partial charge in [0.05, 0.1) is 17.2 Å². The van der Waals surface area contributed by atoms with Gasteiger partial charge in [-0.3, -0.25) is 14.2 Å². The molecule has 6 heteroatoms. The number of fused-ring (bicyclic) bond motifs is 1. The van der Waals surface area contributed by atoms with E-state index in [9.17, 15) is 14.0 Å². The molecule has 0 unspecified atom stereocenters. The standard InChI is InChI=1S/C19H18FN3O2/c1-13-4-2-7-16-18(13)22-12-23(19(16)25)11-17(24)21-9-8-14-5-3-6-15(20)10-14/h2-7,10,12H,8-9,11H2,1H3,(H,21,24). The van der Waals surface area contributed by atoms with E-state index >= 15 is 0 Å². The van der Waals surface area contributed by atoms with Crippen LogP contribution < -0.4 is 10.9 Å². The van der Waals surface area contributed by atoms with E-state index in [1.807, 2.05) is 13.0 Å². The molecule has 0 saturated heterocycles. The number of halogens is 1. The van der Waals surface area contributed by atoms with Crippen molar-refractivity contribution >= 4 is 16.8 Å². The first kappa shape index (κ1) is 16.8. The maximum atomic E-state index is 13.1. The summed E-state index contributed by atoms with van der Waals surface area (Å²) in [5.41, 5.74) is 2.13. The Hall–Kier alpha value is -3.02. The molecule has 0 aliphatic rings. The summed E-state index contributed by atoms with van der Waals surface area (Å²) in [5, 5.41) is 3.23. The summed E-state index contributed by atoms with van der Waals surface area (Å²) < 4.78 is 14.4. The van der Waals surface area contributed by atoms with Crippen molar-refractivity contribution in [1.82, 2.24) is 14.9 Å². The van der Waals surface area contributed by atoms with Crippen LogP contribution in [0, 0.1) is 12.7 Å². The topological polar surface area (TPSA) is 64.0 Å². The van der Waals surface area contributed by atoms with Gasteiger partial charge in [-0.25, -0.2) is 9.37 Å². The van der Waals surface area contributed by atoms with Crippen molar-refractivity contribution in [2.24, 2.45) is 0 Å². The average Bonchev–Trinajstić information content (AvgIpc) is 2.58. The van der Waals surface area contributed by atoms with Crippen LogP contribution in [0.5, 0.6) is 0 Å². The maximum absolute atomic E-state index is 13.1. The Morgan fingerprint density at radius 3 is 2.84 bits per heavy atom. The number of nitrogens with one attached hydrogen (secondary N) is 1. The number of aryl methyl sites for hydroxylation is 1. The van der Waals surface area contributed by atoms with Crippen molar-refractivity contribution in [3.8, 4) is 0 Å². The monoisotopic (exact) mass is 339 g/mol. The van der Waals surface area contributed by atoms with E-state index in [1.165, 1.54) is 23.0 Å². The molecular formula is C19H18FN3O2. The molecule has 3 aromatic rings. The summed E-state index contributed by atoms with van der Waals surface area (Å²) in [6.07, 6.45) is 1.91. The zero-order valence-corrected chi connectivity index (χ0v) is 13.8. The fourth-order valence-corrected chi connectivity index (χ4v) is 2.70. The summed E-state index contributed by atoms with van der Waals surface area (Å²) in [7, 11) is 0. The van der Waals surface area contributed by atoms with Gasteiger partial charge in [0, 0.05) is 6.54 Å². The van der Waals surface area contributed by atoms with Crippen molar-refractivity contribution in [2.75, 3.05) is 6.54 Å². The van der Waals surface area contributed by atoms with Crippen LogP contribution in [0.1, 0.15) is 11.1 Å². The largest absolute Gasteiger partial charge is 0.354 e. The molecular weight excluding hydrogens is 321 g/mol. The van der Waals surface area contributed by atoms with Gasteiger partial charge >= 0.3 is 0 Å². The van der Waals surface area contributed by atoms with Gasteiger partial charge in [-0.05, 0) is 42.7 Å². The molecule has 0 bridgehead atoms. The molecule has 2 aromatic carbocycles. The van der Waals surface area contributed by atoms with E-state index in [4.69, 9.17) is 0 Å². The van der Waals surface area contributed by atoms with E-state index in [2.05, 4.69) is 10.3 Å². The summed E-state index contributed by atoms with van der Waals surface area (Å²) in [6.45, 7) is 2.16. The van der Waals surface area contributed by atoms with Crippen LogP contribution in [0.15, 0.2) is 53.6 Å². The molecule has 1 N–H and O–H groups in total. The Kier molecular flexibility index (Phi) is 4.88. The quantitative estimate of drug-likeness (QED) is 0.775. The molecule has 128 valence electrons. The SMILES string of the molecule is Cc1cccc2c(=O)n(CC(=O)NCCc3cccc(F)c3)cnc12. The van der Waals surface area contributed by atoms with Gasteiger partial charge < -0.3 is 5.32 Å². The molecule has 0 aliphatic heterocycles. The molecule has 0 atom stereocenters. The Balaban J connectivity index is 1.64. The zero-order chi connectivity index (χ0) is 17.8. The van der Waals surface area contributed by atoms with Crippen LogP contribution in [-0.2, 0) is 17.8 Å². The third kappa shape index (κ3) is 3.91. The minimum Gasteiger partial charge on any atom is -0.354 e. The van der Waals surface area contributed by atoms with E-state index < -0.39 is 0 Å². The Bertz CT molecular complexity index is 982. The molecule has 1 aromatic heterocycles. The second-order valence-electron chi connectivity index (χ2n) is 5.88. The second kappa shape index (κ2) is 7.25. The molecule has 1 heterocycles. The number of hydrogen-bond acceptors (Lipinski definition) is 3. The molecule has 3 rings (SSSR count). The molecule has 0 fully saturated rings. The van der Waals surface area contributed by atoms with Gasteiger partial charge in [0.1, 0.15) is 12.4 Å². The number of carbonyl (C=O) groups is 1. The van der Waals surface area contributed by atoms with E-state index in [0.717, 1.165) is 11.1 Å². The zero-order valence-electron chi connectivity index (χ0n) is 13.8. The minimum atomic E-state index is -0.298. The Labute approximate surface area is 144 Å².